The average molecular weight is 362 g/mol. The molecule has 27 heavy (non-hydrogen) atoms. The van der Waals surface area contributed by atoms with Crippen LogP contribution in [0.1, 0.15) is 35.6 Å². The first-order chi connectivity index (χ1) is 13.1. The molecule has 1 heterocycles. The van der Waals surface area contributed by atoms with Crippen LogP contribution in [0.2, 0.25) is 0 Å². The molecule has 0 atom stereocenters. The standard InChI is InChI=1S/C21H22N4O2/c1-27-17-10-6-5-9-16(17)13-18-23-20(21(11-12-21)19(22)26)25(24-18)14-15-7-3-2-4-8-15/h2-10H,11-14H2,1H3,(H2,22,26). The first kappa shape index (κ1) is 17.3. The minimum absolute atomic E-state index is 0.326. The van der Waals surface area contributed by atoms with Crippen LogP contribution in [0, 0.1) is 0 Å². The average Bonchev–Trinajstić information content (AvgIpc) is 3.40. The molecule has 1 aliphatic carbocycles. The van der Waals surface area contributed by atoms with E-state index in [0.717, 1.165) is 29.7 Å². The number of rotatable bonds is 7. The second kappa shape index (κ2) is 6.87. The van der Waals surface area contributed by atoms with Gasteiger partial charge in [0.25, 0.3) is 0 Å². The van der Waals surface area contributed by atoms with Crippen molar-refractivity contribution in [3.05, 3.63) is 77.4 Å². The Morgan fingerprint density at radius 3 is 2.52 bits per heavy atom. The van der Waals surface area contributed by atoms with Crippen LogP contribution in [0.25, 0.3) is 0 Å². The Balaban J connectivity index is 1.70. The normalized spacial score (nSPS) is 14.7. The number of hydrogen-bond donors (Lipinski definition) is 1. The lowest BCUT2D eigenvalue weighted by molar-refractivity contribution is -0.120. The number of nitrogens with two attached hydrogens (primary N) is 1. The van der Waals surface area contributed by atoms with Crippen LogP contribution in [-0.2, 0) is 23.2 Å². The fourth-order valence-electron chi connectivity index (χ4n) is 3.41. The van der Waals surface area contributed by atoms with Gasteiger partial charge in [-0.3, -0.25) is 4.79 Å². The molecular weight excluding hydrogens is 340 g/mol. The lowest BCUT2D eigenvalue weighted by atomic mass is 10.1. The number of carbonyl (C=O) groups is 1. The molecule has 1 saturated carbocycles. The molecule has 1 aromatic heterocycles. The Morgan fingerprint density at radius 1 is 1.15 bits per heavy atom. The van der Waals surface area contributed by atoms with Gasteiger partial charge >= 0.3 is 0 Å². The smallest absolute Gasteiger partial charge is 0.231 e. The van der Waals surface area contributed by atoms with Crippen molar-refractivity contribution in [2.24, 2.45) is 5.73 Å². The van der Waals surface area contributed by atoms with Gasteiger partial charge in [0.15, 0.2) is 5.82 Å². The molecule has 1 fully saturated rings. The van der Waals surface area contributed by atoms with E-state index in [2.05, 4.69) is 0 Å². The Labute approximate surface area is 158 Å². The highest BCUT2D eigenvalue weighted by Gasteiger charge is 2.54. The van der Waals surface area contributed by atoms with Crippen LogP contribution in [0.5, 0.6) is 5.75 Å². The predicted molar refractivity (Wildman–Crippen MR) is 101 cm³/mol. The van der Waals surface area contributed by atoms with E-state index < -0.39 is 5.41 Å². The summed E-state index contributed by atoms with van der Waals surface area (Å²) in [5.74, 6) is 1.81. The van der Waals surface area contributed by atoms with Crippen molar-refractivity contribution in [1.29, 1.82) is 0 Å². The molecule has 0 radical (unpaired) electrons. The third-order valence-corrected chi connectivity index (χ3v) is 5.08. The molecule has 2 aromatic carbocycles. The van der Waals surface area contributed by atoms with E-state index in [9.17, 15) is 4.79 Å². The van der Waals surface area contributed by atoms with Crippen molar-refractivity contribution >= 4 is 5.91 Å². The van der Waals surface area contributed by atoms with E-state index >= 15 is 0 Å². The SMILES string of the molecule is COc1ccccc1Cc1nc(C2(C(N)=O)CC2)n(Cc2ccccc2)n1. The van der Waals surface area contributed by atoms with Gasteiger partial charge in [0, 0.05) is 12.0 Å². The van der Waals surface area contributed by atoms with E-state index in [1.807, 2.05) is 59.3 Å². The third kappa shape index (κ3) is 3.30. The topological polar surface area (TPSA) is 83.0 Å². The molecule has 138 valence electrons. The number of benzene rings is 2. The maximum absolute atomic E-state index is 12.1. The zero-order valence-electron chi connectivity index (χ0n) is 15.3. The summed E-state index contributed by atoms with van der Waals surface area (Å²) in [6.45, 7) is 0.560. The van der Waals surface area contributed by atoms with Crippen molar-refractivity contribution in [2.45, 2.75) is 31.2 Å². The summed E-state index contributed by atoms with van der Waals surface area (Å²) in [6, 6.07) is 17.8. The van der Waals surface area contributed by atoms with Gasteiger partial charge in [-0.1, -0.05) is 48.5 Å². The molecule has 0 bridgehead atoms. The number of ether oxygens (including phenoxy) is 1. The second-order valence-electron chi connectivity index (χ2n) is 6.93. The first-order valence-electron chi connectivity index (χ1n) is 9.02. The summed E-state index contributed by atoms with van der Waals surface area (Å²) in [6.07, 6.45) is 1.99. The van der Waals surface area contributed by atoms with Gasteiger partial charge in [0.05, 0.1) is 13.7 Å². The molecule has 1 amide bonds. The van der Waals surface area contributed by atoms with E-state index in [-0.39, 0.29) is 5.91 Å². The molecule has 3 aromatic rings. The number of nitrogens with zero attached hydrogens (tertiary/aromatic N) is 3. The second-order valence-corrected chi connectivity index (χ2v) is 6.93. The van der Waals surface area contributed by atoms with Crippen molar-refractivity contribution in [3.8, 4) is 5.75 Å². The highest BCUT2D eigenvalue weighted by Crippen LogP contribution is 2.47. The number of aromatic nitrogens is 3. The molecular formula is C21H22N4O2. The maximum atomic E-state index is 12.1. The quantitative estimate of drug-likeness (QED) is 0.700. The summed E-state index contributed by atoms with van der Waals surface area (Å²) in [7, 11) is 1.65. The fourth-order valence-corrected chi connectivity index (χ4v) is 3.41. The van der Waals surface area contributed by atoms with Crippen LogP contribution in [0.15, 0.2) is 54.6 Å². The molecule has 6 heteroatoms. The molecule has 0 unspecified atom stereocenters. The largest absolute Gasteiger partial charge is 0.496 e. The van der Waals surface area contributed by atoms with Crippen LogP contribution in [0.3, 0.4) is 0 Å². The Morgan fingerprint density at radius 2 is 1.85 bits per heavy atom. The van der Waals surface area contributed by atoms with Gasteiger partial charge in [-0.2, -0.15) is 5.10 Å². The van der Waals surface area contributed by atoms with Gasteiger partial charge in [0.1, 0.15) is 17.0 Å². The van der Waals surface area contributed by atoms with Crippen molar-refractivity contribution in [2.75, 3.05) is 7.11 Å². The number of carbonyl (C=O) groups excluding carboxylic acids is 1. The zero-order chi connectivity index (χ0) is 18.9. The molecule has 0 saturated heterocycles. The molecule has 4 rings (SSSR count). The summed E-state index contributed by atoms with van der Waals surface area (Å²) < 4.78 is 7.26. The lowest BCUT2D eigenvalue weighted by Crippen LogP contribution is -2.31. The minimum Gasteiger partial charge on any atom is -0.496 e. The molecule has 2 N–H and O–H groups in total. The number of primary amides is 1. The maximum Gasteiger partial charge on any atom is 0.231 e. The van der Waals surface area contributed by atoms with Crippen LogP contribution >= 0.6 is 0 Å². The highest BCUT2D eigenvalue weighted by molar-refractivity contribution is 5.88. The Kier molecular flexibility index (Phi) is 4.39. The zero-order valence-corrected chi connectivity index (χ0v) is 15.3. The minimum atomic E-state index is -0.680. The van der Waals surface area contributed by atoms with Crippen LogP contribution in [-0.4, -0.2) is 27.8 Å². The molecule has 6 nitrogen and oxygen atoms in total. The Hall–Kier alpha value is -3.15. The highest BCUT2D eigenvalue weighted by atomic mass is 16.5. The van der Waals surface area contributed by atoms with E-state index in [4.69, 9.17) is 20.6 Å². The number of amides is 1. The first-order valence-corrected chi connectivity index (χ1v) is 9.02. The monoisotopic (exact) mass is 362 g/mol. The molecule has 0 aliphatic heterocycles. The number of methoxy groups -OCH3 is 1. The van der Waals surface area contributed by atoms with E-state index in [1.165, 1.54) is 0 Å². The third-order valence-electron chi connectivity index (χ3n) is 5.08. The van der Waals surface area contributed by atoms with Gasteiger partial charge in [0.2, 0.25) is 5.91 Å². The Bertz CT molecular complexity index is 961. The van der Waals surface area contributed by atoms with Crippen molar-refractivity contribution in [1.82, 2.24) is 14.8 Å². The molecule has 1 aliphatic rings. The molecule has 0 spiro atoms. The van der Waals surface area contributed by atoms with Gasteiger partial charge in [-0.05, 0) is 24.5 Å². The van der Waals surface area contributed by atoms with Crippen LogP contribution in [0.4, 0.5) is 0 Å². The lowest BCUT2D eigenvalue weighted by Gasteiger charge is -2.12. The summed E-state index contributed by atoms with van der Waals surface area (Å²) >= 11 is 0. The van der Waals surface area contributed by atoms with Gasteiger partial charge in [-0.15, -0.1) is 0 Å². The predicted octanol–water partition coefficient (Wildman–Crippen LogP) is 2.44. The van der Waals surface area contributed by atoms with E-state index in [1.54, 1.807) is 7.11 Å². The van der Waals surface area contributed by atoms with Crippen LogP contribution < -0.4 is 10.5 Å². The summed E-state index contributed by atoms with van der Waals surface area (Å²) in [5, 5.41) is 4.71. The van der Waals surface area contributed by atoms with Gasteiger partial charge < -0.3 is 10.5 Å². The van der Waals surface area contributed by atoms with Crippen molar-refractivity contribution in [3.63, 3.8) is 0 Å². The number of para-hydroxylation sites is 1. The van der Waals surface area contributed by atoms with Crippen molar-refractivity contribution < 1.29 is 9.53 Å². The summed E-state index contributed by atoms with van der Waals surface area (Å²) in [5.41, 5.74) is 7.13. The fraction of sp³-hybridized carbons (Fsp3) is 0.286. The van der Waals surface area contributed by atoms with Gasteiger partial charge in [-0.25, -0.2) is 9.67 Å². The number of hydrogen-bond acceptors (Lipinski definition) is 4. The van der Waals surface area contributed by atoms with E-state index in [0.29, 0.717) is 24.6 Å². The summed E-state index contributed by atoms with van der Waals surface area (Å²) in [4.78, 5) is 16.8.